The lowest BCUT2D eigenvalue weighted by molar-refractivity contribution is -0.144. The van der Waals surface area contributed by atoms with Crippen LogP contribution >= 0.6 is 22.6 Å². The monoisotopic (exact) mass is 348 g/mol. The largest absolute Gasteiger partial charge is 0.466 e. The summed E-state index contributed by atoms with van der Waals surface area (Å²) in [5.74, 6) is -0.265. The first-order chi connectivity index (χ1) is 7.95. The second kappa shape index (κ2) is 6.35. The van der Waals surface area contributed by atoms with E-state index >= 15 is 0 Å². The topological polar surface area (TPSA) is 46.5 Å². The predicted octanol–water partition coefficient (Wildman–Crippen LogP) is 2.84. The van der Waals surface area contributed by atoms with Crippen molar-refractivity contribution >= 4 is 28.6 Å². The van der Waals surface area contributed by atoms with Crippen LogP contribution in [0, 0.1) is 3.57 Å². The van der Waals surface area contributed by atoms with E-state index in [0.717, 1.165) is 9.13 Å². The van der Waals surface area contributed by atoms with Crippen LogP contribution in [0.5, 0.6) is 0 Å². The molecule has 1 aromatic rings. The molecule has 1 aromatic carbocycles. The number of carbonyl (C=O) groups excluding carboxylic acids is 1. The van der Waals surface area contributed by atoms with Crippen LogP contribution in [0.2, 0.25) is 0 Å². The van der Waals surface area contributed by atoms with E-state index in [4.69, 9.17) is 4.74 Å². The summed E-state index contributed by atoms with van der Waals surface area (Å²) in [4.78, 5) is 11.2. The molecule has 1 unspecified atom stereocenters. The molecule has 0 radical (unpaired) electrons. The fourth-order valence-electron chi connectivity index (χ4n) is 1.53. The zero-order chi connectivity index (χ0) is 12.9. The lowest BCUT2D eigenvalue weighted by Gasteiger charge is -2.23. The normalized spacial score (nSPS) is 14.1. The van der Waals surface area contributed by atoms with Gasteiger partial charge in [0.15, 0.2) is 0 Å². The fraction of sp³-hybridized carbons (Fsp3) is 0.462. The second-order valence-electron chi connectivity index (χ2n) is 4.09. The lowest BCUT2D eigenvalue weighted by atomic mass is 9.91. The molecule has 0 aromatic heterocycles. The molecule has 4 heteroatoms. The highest BCUT2D eigenvalue weighted by atomic mass is 127. The van der Waals surface area contributed by atoms with Gasteiger partial charge in [-0.1, -0.05) is 12.1 Å². The van der Waals surface area contributed by atoms with Crippen molar-refractivity contribution in [3.05, 3.63) is 33.4 Å². The van der Waals surface area contributed by atoms with Crippen molar-refractivity contribution in [2.24, 2.45) is 0 Å². The number of esters is 1. The van der Waals surface area contributed by atoms with Gasteiger partial charge in [-0.05, 0) is 60.6 Å². The van der Waals surface area contributed by atoms with Gasteiger partial charge in [0.25, 0.3) is 0 Å². The van der Waals surface area contributed by atoms with E-state index in [-0.39, 0.29) is 12.4 Å². The van der Waals surface area contributed by atoms with Gasteiger partial charge >= 0.3 is 5.97 Å². The third kappa shape index (κ3) is 4.63. The van der Waals surface area contributed by atoms with Crippen molar-refractivity contribution in [1.29, 1.82) is 0 Å². The summed E-state index contributed by atoms with van der Waals surface area (Å²) in [5.41, 5.74) is -0.167. The SMILES string of the molecule is CCOC(=O)CCC(C)(O)c1ccc(I)cc1. The number of hydrogen-bond acceptors (Lipinski definition) is 3. The molecule has 3 nitrogen and oxygen atoms in total. The number of benzene rings is 1. The van der Waals surface area contributed by atoms with Crippen LogP contribution in [-0.2, 0) is 15.1 Å². The standard InChI is InChI=1S/C13H17IO3/c1-3-17-12(15)8-9-13(2,16)10-4-6-11(14)7-5-10/h4-7,16H,3,8-9H2,1-2H3. The highest BCUT2D eigenvalue weighted by Crippen LogP contribution is 2.26. The van der Waals surface area contributed by atoms with E-state index < -0.39 is 5.60 Å². The van der Waals surface area contributed by atoms with Gasteiger partial charge in [0.2, 0.25) is 0 Å². The quantitative estimate of drug-likeness (QED) is 0.658. The fourth-order valence-corrected chi connectivity index (χ4v) is 1.89. The van der Waals surface area contributed by atoms with Crippen LogP contribution in [0.4, 0.5) is 0 Å². The number of ether oxygens (including phenoxy) is 1. The minimum Gasteiger partial charge on any atom is -0.466 e. The summed E-state index contributed by atoms with van der Waals surface area (Å²) < 4.78 is 5.96. The van der Waals surface area contributed by atoms with Crippen LogP contribution in [0.15, 0.2) is 24.3 Å². The molecular formula is C13H17IO3. The van der Waals surface area contributed by atoms with E-state index in [2.05, 4.69) is 22.6 Å². The average Bonchev–Trinajstić information content (AvgIpc) is 2.28. The van der Waals surface area contributed by atoms with Gasteiger partial charge in [0.05, 0.1) is 12.2 Å². The molecule has 0 saturated heterocycles. The van der Waals surface area contributed by atoms with Gasteiger partial charge in [-0.25, -0.2) is 0 Å². The van der Waals surface area contributed by atoms with Gasteiger partial charge in [-0.2, -0.15) is 0 Å². The van der Waals surface area contributed by atoms with Crippen LogP contribution in [0.3, 0.4) is 0 Å². The first kappa shape index (κ1) is 14.4. The first-order valence-electron chi connectivity index (χ1n) is 5.60. The molecule has 0 aliphatic carbocycles. The molecule has 0 aliphatic heterocycles. The highest BCUT2D eigenvalue weighted by molar-refractivity contribution is 14.1. The molecule has 1 N–H and O–H groups in total. The Kier molecular flexibility index (Phi) is 5.39. The minimum atomic E-state index is -0.989. The maximum absolute atomic E-state index is 11.2. The van der Waals surface area contributed by atoms with Crippen molar-refractivity contribution in [2.75, 3.05) is 6.61 Å². The van der Waals surface area contributed by atoms with Crippen molar-refractivity contribution in [3.8, 4) is 0 Å². The lowest BCUT2D eigenvalue weighted by Crippen LogP contribution is -2.22. The number of aliphatic hydroxyl groups is 1. The Labute approximate surface area is 115 Å². The third-order valence-electron chi connectivity index (χ3n) is 2.59. The molecule has 1 atom stereocenters. The molecule has 17 heavy (non-hydrogen) atoms. The Morgan fingerprint density at radius 2 is 2.00 bits per heavy atom. The molecule has 0 aliphatic rings. The van der Waals surface area contributed by atoms with E-state index in [1.165, 1.54) is 0 Å². The molecule has 0 fully saturated rings. The van der Waals surface area contributed by atoms with Gasteiger partial charge in [0.1, 0.15) is 0 Å². The molecule has 0 bridgehead atoms. The van der Waals surface area contributed by atoms with Crippen LogP contribution in [-0.4, -0.2) is 17.7 Å². The number of halogens is 1. The number of carbonyl (C=O) groups is 1. The Bertz CT molecular complexity index is 371. The average molecular weight is 348 g/mol. The Hall–Kier alpha value is -0.620. The Morgan fingerprint density at radius 3 is 2.53 bits per heavy atom. The van der Waals surface area contributed by atoms with E-state index in [1.54, 1.807) is 13.8 Å². The summed E-state index contributed by atoms with van der Waals surface area (Å²) in [6.45, 7) is 3.87. The van der Waals surface area contributed by atoms with E-state index in [1.807, 2.05) is 24.3 Å². The summed E-state index contributed by atoms with van der Waals surface area (Å²) in [6.07, 6.45) is 0.596. The van der Waals surface area contributed by atoms with Gasteiger partial charge in [0, 0.05) is 9.99 Å². The molecule has 0 saturated carbocycles. The zero-order valence-corrected chi connectivity index (χ0v) is 12.2. The van der Waals surface area contributed by atoms with Gasteiger partial charge in [-0.15, -0.1) is 0 Å². The summed E-state index contributed by atoms with van der Waals surface area (Å²) in [7, 11) is 0. The van der Waals surface area contributed by atoms with Gasteiger partial charge in [-0.3, -0.25) is 4.79 Å². The third-order valence-corrected chi connectivity index (χ3v) is 3.31. The molecular weight excluding hydrogens is 331 g/mol. The summed E-state index contributed by atoms with van der Waals surface area (Å²) in [6, 6.07) is 7.64. The van der Waals surface area contributed by atoms with Crippen molar-refractivity contribution < 1.29 is 14.6 Å². The zero-order valence-electron chi connectivity index (χ0n) is 10.1. The van der Waals surface area contributed by atoms with Crippen LogP contribution in [0.1, 0.15) is 32.3 Å². The van der Waals surface area contributed by atoms with Crippen molar-refractivity contribution in [1.82, 2.24) is 0 Å². The Morgan fingerprint density at radius 1 is 1.41 bits per heavy atom. The van der Waals surface area contributed by atoms with Crippen LogP contribution in [0.25, 0.3) is 0 Å². The first-order valence-corrected chi connectivity index (χ1v) is 6.67. The maximum Gasteiger partial charge on any atom is 0.305 e. The molecule has 0 amide bonds. The van der Waals surface area contributed by atoms with E-state index in [9.17, 15) is 9.90 Å². The highest BCUT2D eigenvalue weighted by Gasteiger charge is 2.24. The Balaban J connectivity index is 2.61. The molecule has 0 heterocycles. The van der Waals surface area contributed by atoms with Gasteiger partial charge < -0.3 is 9.84 Å². The molecule has 0 spiro atoms. The predicted molar refractivity (Wildman–Crippen MR) is 74.6 cm³/mol. The van der Waals surface area contributed by atoms with Crippen LogP contribution < -0.4 is 0 Å². The van der Waals surface area contributed by atoms with E-state index in [0.29, 0.717) is 13.0 Å². The summed E-state index contributed by atoms with van der Waals surface area (Å²) in [5, 5.41) is 10.3. The van der Waals surface area contributed by atoms with Crippen molar-refractivity contribution in [3.63, 3.8) is 0 Å². The smallest absolute Gasteiger partial charge is 0.305 e. The second-order valence-corrected chi connectivity index (χ2v) is 5.33. The number of hydrogen-bond donors (Lipinski definition) is 1. The maximum atomic E-state index is 11.2. The number of rotatable bonds is 5. The molecule has 94 valence electrons. The summed E-state index contributed by atoms with van der Waals surface area (Å²) >= 11 is 2.21. The minimum absolute atomic E-state index is 0.229. The molecule has 1 rings (SSSR count). The van der Waals surface area contributed by atoms with Crippen molar-refractivity contribution in [2.45, 2.75) is 32.3 Å².